The second kappa shape index (κ2) is 20.7. The van der Waals surface area contributed by atoms with Crippen molar-refractivity contribution in [3.05, 3.63) is 223 Å². The van der Waals surface area contributed by atoms with Gasteiger partial charge in [-0.15, -0.1) is 0 Å². The zero-order valence-corrected chi connectivity index (χ0v) is 45.3. The first-order valence-corrected chi connectivity index (χ1v) is 28.2. The topological polar surface area (TPSA) is 122 Å². The van der Waals surface area contributed by atoms with Crippen molar-refractivity contribution in [1.29, 1.82) is 0 Å². The molecule has 2 fully saturated rings. The van der Waals surface area contributed by atoms with Crippen LogP contribution in [-0.2, 0) is 32.9 Å². The SMILES string of the molecule is C=C(C)[C@H]1CN(S(=O)(=O)c2ccc(C)cc2)[C@H]2c3ccccc3CCN2N1C(=O)c1ccc(Br)cc1.C=C(C)[C@H]1CN(S(=O)(=O)c2ccc(C)cc2)[C@H]2c3ccccc3CCN2N1C(=O)c1ccc(Br)cc1. The maximum atomic E-state index is 14.1. The molecule has 4 atom stereocenters. The molecule has 372 valence electrons. The van der Waals surface area contributed by atoms with E-state index in [1.807, 2.05) is 135 Å². The molecule has 10 rings (SSSR count). The number of benzene rings is 6. The normalized spacial score (nSPS) is 20.5. The summed E-state index contributed by atoms with van der Waals surface area (Å²) < 4.78 is 61.2. The number of carbonyl (C=O) groups is 2. The van der Waals surface area contributed by atoms with Crippen molar-refractivity contribution in [2.24, 2.45) is 0 Å². The molecule has 12 nitrogen and oxygen atoms in total. The quantitative estimate of drug-likeness (QED) is 0.138. The molecular formula is C56H56Br2N6O6S2. The molecule has 0 N–H and O–H groups in total. The highest BCUT2D eigenvalue weighted by Gasteiger charge is 2.52. The van der Waals surface area contributed by atoms with Crippen molar-refractivity contribution in [3.63, 3.8) is 0 Å². The van der Waals surface area contributed by atoms with Crippen LogP contribution in [0.2, 0.25) is 0 Å². The number of halogens is 2. The average Bonchev–Trinajstić information content (AvgIpc) is 3.37. The zero-order chi connectivity index (χ0) is 51.2. The molecule has 4 heterocycles. The van der Waals surface area contributed by atoms with Gasteiger partial charge < -0.3 is 0 Å². The largest absolute Gasteiger partial charge is 0.268 e. The van der Waals surface area contributed by atoms with E-state index in [9.17, 15) is 26.4 Å². The average molecular weight is 1130 g/mol. The standard InChI is InChI=1S/2C28H28BrN3O3S/c2*1-19(2)26-18-31(36(34,35)24-14-8-20(3)9-15-24)27-25-7-5-4-6-21(25)16-17-30(27)32(26)28(33)22-10-12-23(29)13-11-22/h2*4-15,26-27H,1,16-18H2,2-3H3/t2*26-,27+/m11/s1. The highest BCUT2D eigenvalue weighted by atomic mass is 79.9. The van der Waals surface area contributed by atoms with Gasteiger partial charge in [0.1, 0.15) is 12.3 Å². The number of sulfonamides is 2. The Morgan fingerprint density at radius 2 is 0.833 bits per heavy atom. The number of hydrogen-bond acceptors (Lipinski definition) is 8. The number of rotatable bonds is 8. The molecule has 0 aromatic heterocycles. The van der Waals surface area contributed by atoms with Crippen LogP contribution in [0.3, 0.4) is 0 Å². The number of carbonyl (C=O) groups excluding carboxylic acids is 2. The van der Waals surface area contributed by atoms with Crippen LogP contribution in [0.25, 0.3) is 0 Å². The van der Waals surface area contributed by atoms with Crippen LogP contribution in [0.5, 0.6) is 0 Å². The minimum Gasteiger partial charge on any atom is -0.268 e. The Balaban J connectivity index is 0.000000178. The Morgan fingerprint density at radius 3 is 1.17 bits per heavy atom. The van der Waals surface area contributed by atoms with E-state index in [2.05, 4.69) is 45.0 Å². The lowest BCUT2D eigenvalue weighted by atomic mass is 9.95. The van der Waals surface area contributed by atoms with Gasteiger partial charge in [-0.1, -0.05) is 140 Å². The van der Waals surface area contributed by atoms with E-state index in [1.54, 1.807) is 67.2 Å². The minimum absolute atomic E-state index is 0.114. The number of fused-ring (bicyclic) bond motifs is 6. The van der Waals surface area contributed by atoms with Crippen molar-refractivity contribution in [2.75, 3.05) is 26.2 Å². The smallest absolute Gasteiger partial charge is 0.268 e. The van der Waals surface area contributed by atoms with Crippen LogP contribution in [0.1, 0.15) is 80.3 Å². The predicted octanol–water partition coefficient (Wildman–Crippen LogP) is 10.6. The second-order valence-corrected chi connectivity index (χ2v) is 24.4. The molecule has 6 aromatic carbocycles. The Labute approximate surface area is 440 Å². The van der Waals surface area contributed by atoms with Gasteiger partial charge >= 0.3 is 0 Å². The van der Waals surface area contributed by atoms with Gasteiger partial charge in [0.25, 0.3) is 11.8 Å². The van der Waals surface area contributed by atoms with Gasteiger partial charge in [-0.3, -0.25) is 19.6 Å². The third kappa shape index (κ3) is 9.83. The molecule has 0 saturated carbocycles. The van der Waals surface area contributed by atoms with Crippen LogP contribution in [-0.4, -0.2) is 95.6 Å². The fourth-order valence-electron chi connectivity index (χ4n) is 10.0. The molecule has 2 saturated heterocycles. The van der Waals surface area contributed by atoms with E-state index in [-0.39, 0.29) is 34.7 Å². The number of hydrogen-bond donors (Lipinski definition) is 0. The highest BCUT2D eigenvalue weighted by Crippen LogP contribution is 2.44. The summed E-state index contributed by atoms with van der Waals surface area (Å²) in [5.41, 5.74) is 8.48. The van der Waals surface area contributed by atoms with Crippen molar-refractivity contribution >= 4 is 63.7 Å². The Morgan fingerprint density at radius 1 is 0.500 bits per heavy atom. The van der Waals surface area contributed by atoms with Crippen LogP contribution < -0.4 is 0 Å². The molecule has 4 aliphatic rings. The summed E-state index contributed by atoms with van der Waals surface area (Å²) in [4.78, 5) is 28.3. The third-order valence-corrected chi connectivity index (χ3v) is 18.6. The highest BCUT2D eigenvalue weighted by molar-refractivity contribution is 9.10. The van der Waals surface area contributed by atoms with Crippen LogP contribution in [0, 0.1) is 13.8 Å². The molecule has 16 heteroatoms. The van der Waals surface area contributed by atoms with E-state index in [0.717, 1.165) is 53.5 Å². The van der Waals surface area contributed by atoms with Gasteiger partial charge in [0.15, 0.2) is 0 Å². The van der Waals surface area contributed by atoms with Gasteiger partial charge in [0.05, 0.1) is 21.9 Å². The first kappa shape index (κ1) is 51.3. The molecule has 0 unspecified atom stereocenters. The van der Waals surface area contributed by atoms with E-state index < -0.39 is 44.5 Å². The van der Waals surface area contributed by atoms with Crippen molar-refractivity contribution in [1.82, 2.24) is 28.6 Å². The van der Waals surface area contributed by atoms with Crippen molar-refractivity contribution in [3.8, 4) is 0 Å². The van der Waals surface area contributed by atoms with E-state index in [0.29, 0.717) is 37.1 Å². The Bertz CT molecular complexity index is 3060. The molecule has 0 spiro atoms. The summed E-state index contributed by atoms with van der Waals surface area (Å²) in [6, 6.07) is 43.1. The molecule has 4 aliphatic heterocycles. The lowest BCUT2D eigenvalue weighted by Crippen LogP contribution is -2.67. The summed E-state index contributed by atoms with van der Waals surface area (Å²) in [5.74, 6) is -0.348. The summed E-state index contributed by atoms with van der Waals surface area (Å²) >= 11 is 6.87. The molecular weight excluding hydrogens is 1080 g/mol. The first-order valence-electron chi connectivity index (χ1n) is 23.7. The maximum absolute atomic E-state index is 14.1. The zero-order valence-electron chi connectivity index (χ0n) is 40.5. The lowest BCUT2D eigenvalue weighted by molar-refractivity contribution is -0.129. The number of amides is 2. The fraction of sp³-hybridized carbons (Fsp3) is 0.250. The molecule has 72 heavy (non-hydrogen) atoms. The van der Waals surface area contributed by atoms with Crippen LogP contribution >= 0.6 is 31.9 Å². The first-order chi connectivity index (χ1) is 34.4. The number of hydrazine groups is 2. The fourth-order valence-corrected chi connectivity index (χ4v) is 13.7. The third-order valence-electron chi connectivity index (χ3n) is 13.8. The van der Waals surface area contributed by atoms with Crippen LogP contribution in [0.15, 0.2) is 189 Å². The number of aryl methyl sites for hydroxylation is 2. The van der Waals surface area contributed by atoms with Crippen LogP contribution in [0.4, 0.5) is 0 Å². The van der Waals surface area contributed by atoms with E-state index in [1.165, 1.54) is 0 Å². The summed E-state index contributed by atoms with van der Waals surface area (Å²) in [6.45, 7) is 17.1. The monoisotopic (exact) mass is 1130 g/mol. The summed E-state index contributed by atoms with van der Waals surface area (Å²) in [7, 11) is -7.74. The van der Waals surface area contributed by atoms with Gasteiger partial charge in [0, 0.05) is 46.3 Å². The molecule has 0 bridgehead atoms. The number of nitrogens with zero attached hydrogens (tertiary/aromatic N) is 6. The Hall–Kier alpha value is -5.56. The molecule has 0 radical (unpaired) electrons. The molecule has 6 aromatic rings. The van der Waals surface area contributed by atoms with Gasteiger partial charge in [-0.05, 0) is 136 Å². The Kier molecular flexibility index (Phi) is 14.8. The van der Waals surface area contributed by atoms with Crippen molar-refractivity contribution < 1.29 is 26.4 Å². The maximum Gasteiger partial charge on any atom is 0.268 e. The van der Waals surface area contributed by atoms with Gasteiger partial charge in [-0.25, -0.2) is 16.8 Å². The minimum atomic E-state index is -3.87. The summed E-state index contributed by atoms with van der Waals surface area (Å²) in [6.07, 6.45) is 0.128. The van der Waals surface area contributed by atoms with Gasteiger partial charge in [-0.2, -0.15) is 18.6 Å². The van der Waals surface area contributed by atoms with Gasteiger partial charge in [0.2, 0.25) is 20.0 Å². The predicted molar refractivity (Wildman–Crippen MR) is 287 cm³/mol. The molecule has 2 amide bonds. The van der Waals surface area contributed by atoms with E-state index in [4.69, 9.17) is 0 Å². The molecule has 0 aliphatic carbocycles. The van der Waals surface area contributed by atoms with E-state index >= 15 is 0 Å². The summed E-state index contributed by atoms with van der Waals surface area (Å²) in [5, 5.41) is 7.29. The second-order valence-electron chi connectivity index (χ2n) is 18.8. The lowest BCUT2D eigenvalue weighted by Gasteiger charge is -2.55. The van der Waals surface area contributed by atoms with Crippen molar-refractivity contribution in [2.45, 2.75) is 74.7 Å².